The zero-order chi connectivity index (χ0) is 15.4. The molecule has 6 nitrogen and oxygen atoms in total. The number of rotatable bonds is 4. The van der Waals surface area contributed by atoms with Crippen LogP contribution in [0.1, 0.15) is 43.0 Å². The lowest BCUT2D eigenvalue weighted by molar-refractivity contribution is -0.384. The summed E-state index contributed by atoms with van der Waals surface area (Å²) in [7, 11) is 0. The zero-order valence-corrected chi connectivity index (χ0v) is 12.2. The number of benzene rings is 1. The Kier molecular flexibility index (Phi) is 4.77. The van der Waals surface area contributed by atoms with Crippen molar-refractivity contribution in [1.82, 2.24) is 5.32 Å². The lowest BCUT2D eigenvalue weighted by Gasteiger charge is -2.26. The van der Waals surface area contributed by atoms with Gasteiger partial charge in [0.25, 0.3) is 11.6 Å². The van der Waals surface area contributed by atoms with Crippen LogP contribution in [0.15, 0.2) is 18.2 Å². The first-order valence-electron chi connectivity index (χ1n) is 7.29. The maximum absolute atomic E-state index is 12.1. The average Bonchev–Trinajstić information content (AvgIpc) is 2.46. The molecule has 1 amide bonds. The quantitative estimate of drug-likeness (QED) is 0.506. The molecule has 0 spiro atoms. The molecule has 1 aromatic carbocycles. The first-order valence-corrected chi connectivity index (χ1v) is 7.29. The van der Waals surface area contributed by atoms with Crippen molar-refractivity contribution in [2.24, 2.45) is 11.8 Å². The number of amides is 1. The number of nitro groups is 1. The number of nitro benzene ring substituents is 1. The van der Waals surface area contributed by atoms with Crippen molar-refractivity contribution in [3.63, 3.8) is 0 Å². The van der Waals surface area contributed by atoms with Gasteiger partial charge in [0.1, 0.15) is 0 Å². The molecule has 2 rings (SSSR count). The van der Waals surface area contributed by atoms with Crippen LogP contribution in [0.4, 0.5) is 11.4 Å². The molecule has 6 heteroatoms. The van der Waals surface area contributed by atoms with E-state index in [9.17, 15) is 14.9 Å². The molecule has 0 radical (unpaired) electrons. The highest BCUT2D eigenvalue weighted by atomic mass is 16.6. The van der Waals surface area contributed by atoms with E-state index in [2.05, 4.69) is 12.2 Å². The molecule has 0 saturated heterocycles. The Balaban J connectivity index is 1.97. The van der Waals surface area contributed by atoms with Gasteiger partial charge >= 0.3 is 0 Å². The van der Waals surface area contributed by atoms with Gasteiger partial charge in [-0.05, 0) is 30.7 Å². The largest absolute Gasteiger partial charge is 0.398 e. The summed E-state index contributed by atoms with van der Waals surface area (Å²) in [5.74, 6) is 0.921. The van der Waals surface area contributed by atoms with Gasteiger partial charge in [0.05, 0.1) is 10.5 Å². The van der Waals surface area contributed by atoms with Gasteiger partial charge in [-0.3, -0.25) is 14.9 Å². The van der Waals surface area contributed by atoms with E-state index in [1.165, 1.54) is 31.0 Å². The van der Waals surface area contributed by atoms with Crippen molar-refractivity contribution in [2.75, 3.05) is 12.3 Å². The Morgan fingerprint density at radius 2 is 2.05 bits per heavy atom. The summed E-state index contributed by atoms with van der Waals surface area (Å²) in [5.41, 5.74) is 6.04. The maximum Gasteiger partial charge on any atom is 0.270 e. The number of carbonyl (C=O) groups is 1. The minimum atomic E-state index is -0.529. The molecule has 0 aliphatic heterocycles. The molecule has 0 unspecified atom stereocenters. The maximum atomic E-state index is 12.1. The molecule has 0 aromatic heterocycles. The molecular formula is C15H21N3O3. The van der Waals surface area contributed by atoms with Crippen LogP contribution in [0.5, 0.6) is 0 Å². The minimum absolute atomic E-state index is 0.124. The van der Waals surface area contributed by atoms with Crippen LogP contribution in [0.2, 0.25) is 0 Å². The third-order valence-corrected chi connectivity index (χ3v) is 4.18. The molecule has 1 aliphatic rings. The summed E-state index contributed by atoms with van der Waals surface area (Å²) >= 11 is 0. The van der Waals surface area contributed by atoms with Gasteiger partial charge in [-0.1, -0.05) is 19.8 Å². The summed E-state index contributed by atoms with van der Waals surface area (Å²) in [6, 6.07) is 3.93. The predicted molar refractivity (Wildman–Crippen MR) is 81.0 cm³/mol. The second-order valence-electron chi connectivity index (χ2n) is 5.86. The van der Waals surface area contributed by atoms with E-state index in [4.69, 9.17) is 5.73 Å². The topological polar surface area (TPSA) is 98.3 Å². The van der Waals surface area contributed by atoms with Crippen molar-refractivity contribution >= 4 is 17.3 Å². The van der Waals surface area contributed by atoms with Crippen LogP contribution >= 0.6 is 0 Å². The molecule has 21 heavy (non-hydrogen) atoms. The molecule has 1 fully saturated rings. The van der Waals surface area contributed by atoms with Crippen molar-refractivity contribution in [3.8, 4) is 0 Å². The Hall–Kier alpha value is -2.11. The molecule has 114 valence electrons. The fourth-order valence-electron chi connectivity index (χ4n) is 2.72. The fraction of sp³-hybridized carbons (Fsp3) is 0.533. The van der Waals surface area contributed by atoms with E-state index >= 15 is 0 Å². The second kappa shape index (κ2) is 6.56. The summed E-state index contributed by atoms with van der Waals surface area (Å²) < 4.78 is 0. The summed E-state index contributed by atoms with van der Waals surface area (Å²) in [6.45, 7) is 2.85. The van der Waals surface area contributed by atoms with E-state index in [1.54, 1.807) is 0 Å². The third-order valence-electron chi connectivity index (χ3n) is 4.18. The first-order chi connectivity index (χ1) is 9.97. The Bertz CT molecular complexity index is 537. The van der Waals surface area contributed by atoms with E-state index in [0.717, 1.165) is 18.8 Å². The fourth-order valence-corrected chi connectivity index (χ4v) is 2.72. The van der Waals surface area contributed by atoms with Crippen LogP contribution in [0.25, 0.3) is 0 Å². The number of nitrogens with one attached hydrogen (secondary N) is 1. The summed E-state index contributed by atoms with van der Waals surface area (Å²) in [6.07, 6.45) is 4.62. The van der Waals surface area contributed by atoms with Crippen molar-refractivity contribution < 1.29 is 9.72 Å². The highest BCUT2D eigenvalue weighted by Crippen LogP contribution is 2.28. The zero-order valence-electron chi connectivity index (χ0n) is 12.2. The number of nitrogens with two attached hydrogens (primary N) is 1. The van der Waals surface area contributed by atoms with Crippen molar-refractivity contribution in [2.45, 2.75) is 32.6 Å². The van der Waals surface area contributed by atoms with Gasteiger partial charge in [-0.15, -0.1) is 0 Å². The minimum Gasteiger partial charge on any atom is -0.398 e. The lowest BCUT2D eigenvalue weighted by Crippen LogP contribution is -2.31. The van der Waals surface area contributed by atoms with Gasteiger partial charge in [0.15, 0.2) is 0 Å². The van der Waals surface area contributed by atoms with Gasteiger partial charge in [-0.2, -0.15) is 0 Å². The lowest BCUT2D eigenvalue weighted by atomic mass is 9.83. The van der Waals surface area contributed by atoms with E-state index in [0.29, 0.717) is 12.5 Å². The third kappa shape index (κ3) is 3.93. The normalized spacial score (nSPS) is 21.8. The van der Waals surface area contributed by atoms with Crippen LogP contribution in [-0.4, -0.2) is 17.4 Å². The van der Waals surface area contributed by atoms with E-state index in [1.807, 2.05) is 0 Å². The van der Waals surface area contributed by atoms with Crippen LogP contribution in [0, 0.1) is 22.0 Å². The Morgan fingerprint density at radius 1 is 1.38 bits per heavy atom. The van der Waals surface area contributed by atoms with Crippen molar-refractivity contribution in [1.29, 1.82) is 0 Å². The number of hydrogen-bond donors (Lipinski definition) is 2. The summed E-state index contributed by atoms with van der Waals surface area (Å²) in [5, 5.41) is 13.6. The van der Waals surface area contributed by atoms with Gasteiger partial charge in [0, 0.05) is 24.4 Å². The molecule has 1 aliphatic carbocycles. The molecule has 1 aromatic rings. The van der Waals surface area contributed by atoms with Gasteiger partial charge in [0.2, 0.25) is 0 Å². The number of nitrogen functional groups attached to an aromatic ring is 1. The Labute approximate surface area is 123 Å². The summed E-state index contributed by atoms with van der Waals surface area (Å²) in [4.78, 5) is 22.4. The number of non-ortho nitro benzene ring substituents is 1. The first kappa shape index (κ1) is 15.3. The predicted octanol–water partition coefficient (Wildman–Crippen LogP) is 2.73. The van der Waals surface area contributed by atoms with Crippen LogP contribution in [0.3, 0.4) is 0 Å². The number of hydrogen-bond acceptors (Lipinski definition) is 4. The monoisotopic (exact) mass is 291 g/mol. The molecular weight excluding hydrogens is 270 g/mol. The van der Waals surface area contributed by atoms with Crippen LogP contribution in [-0.2, 0) is 0 Å². The molecule has 0 heterocycles. The number of anilines is 1. The van der Waals surface area contributed by atoms with E-state index < -0.39 is 4.92 Å². The smallest absolute Gasteiger partial charge is 0.270 e. The van der Waals surface area contributed by atoms with Gasteiger partial charge < -0.3 is 11.1 Å². The molecule has 1 saturated carbocycles. The highest BCUT2D eigenvalue weighted by Gasteiger charge is 2.20. The Morgan fingerprint density at radius 3 is 2.67 bits per heavy atom. The van der Waals surface area contributed by atoms with Gasteiger partial charge in [-0.25, -0.2) is 0 Å². The number of carbonyl (C=O) groups excluding carboxylic acids is 1. The van der Waals surface area contributed by atoms with Crippen LogP contribution < -0.4 is 11.1 Å². The average molecular weight is 291 g/mol. The second-order valence-corrected chi connectivity index (χ2v) is 5.86. The van der Waals surface area contributed by atoms with Crippen molar-refractivity contribution in [3.05, 3.63) is 33.9 Å². The standard InChI is InChI=1S/C15H21N3O3/c1-10-2-4-11(5-3-10)9-17-15(19)13-8-12(18(20)21)6-7-14(13)16/h6-8,10-11H,2-5,9,16H2,1H3,(H,17,19). The molecule has 0 atom stereocenters. The molecule has 0 bridgehead atoms. The molecule has 3 N–H and O–H groups in total. The SMILES string of the molecule is CC1CCC(CNC(=O)c2cc([N+](=O)[O-])ccc2N)CC1. The highest BCUT2D eigenvalue weighted by molar-refractivity contribution is 5.99. The number of nitrogens with zero attached hydrogens (tertiary/aromatic N) is 1. The van der Waals surface area contributed by atoms with E-state index in [-0.39, 0.29) is 22.8 Å².